The molecule has 1 atom stereocenters. The van der Waals surface area contributed by atoms with Gasteiger partial charge in [0.2, 0.25) is 11.8 Å². The number of carbonyl (C=O) groups is 2. The second kappa shape index (κ2) is 8.32. The predicted molar refractivity (Wildman–Crippen MR) is 118 cm³/mol. The number of nitrogens with zero attached hydrogens (tertiary/aromatic N) is 3. The Kier molecular flexibility index (Phi) is 5.47. The van der Waals surface area contributed by atoms with E-state index in [9.17, 15) is 18.0 Å². The molecule has 0 radical (unpaired) electrons. The van der Waals surface area contributed by atoms with Gasteiger partial charge in [0.1, 0.15) is 5.82 Å². The summed E-state index contributed by atoms with van der Waals surface area (Å²) in [5.41, 5.74) is 4.59. The third kappa shape index (κ3) is 4.14. The van der Waals surface area contributed by atoms with E-state index in [1.54, 1.807) is 0 Å². The minimum absolute atomic E-state index is 0.0407. The first kappa shape index (κ1) is 21.7. The number of urea groups is 1. The maximum atomic E-state index is 12.9. The molecule has 0 saturated heterocycles. The number of fused-ring (bicyclic) bond motifs is 4. The van der Waals surface area contributed by atoms with Gasteiger partial charge in [-0.3, -0.25) is 10.1 Å². The van der Waals surface area contributed by atoms with Crippen LogP contribution in [0.15, 0.2) is 11.1 Å². The van der Waals surface area contributed by atoms with E-state index in [2.05, 4.69) is 25.4 Å². The number of hydrogen-bond donors (Lipinski definition) is 3. The van der Waals surface area contributed by atoms with Crippen molar-refractivity contribution in [3.8, 4) is 5.88 Å². The van der Waals surface area contributed by atoms with Crippen LogP contribution in [0.25, 0.3) is 0 Å². The summed E-state index contributed by atoms with van der Waals surface area (Å²) < 4.78 is 34.9. The van der Waals surface area contributed by atoms with Gasteiger partial charge in [-0.05, 0) is 55.2 Å². The Bertz CT molecular complexity index is 1240. The van der Waals surface area contributed by atoms with E-state index < -0.39 is 16.1 Å². The second-order valence-electron chi connectivity index (χ2n) is 8.72. The molecule has 11 nitrogen and oxygen atoms in total. The number of aryl methyl sites for hydroxylation is 1. The maximum absolute atomic E-state index is 12.9. The number of pyridine rings is 1. The van der Waals surface area contributed by atoms with Crippen LogP contribution in [0.1, 0.15) is 42.1 Å². The molecule has 2 aromatic rings. The molecule has 0 aromatic carbocycles. The summed E-state index contributed by atoms with van der Waals surface area (Å²) in [5.74, 6) is 0.334. The van der Waals surface area contributed by atoms with Crippen LogP contribution in [-0.4, -0.2) is 48.3 Å². The van der Waals surface area contributed by atoms with E-state index in [1.165, 1.54) is 22.7 Å². The Morgan fingerprint density at radius 1 is 1.15 bits per heavy atom. The van der Waals surface area contributed by atoms with E-state index in [4.69, 9.17) is 4.74 Å². The van der Waals surface area contributed by atoms with Crippen molar-refractivity contribution < 1.29 is 22.7 Å². The highest BCUT2D eigenvalue weighted by molar-refractivity contribution is 7.90. The lowest BCUT2D eigenvalue weighted by atomic mass is 10.0. The van der Waals surface area contributed by atoms with E-state index in [-0.39, 0.29) is 29.2 Å². The van der Waals surface area contributed by atoms with Crippen molar-refractivity contribution in [3.63, 3.8) is 0 Å². The molecule has 0 saturated carbocycles. The molecule has 0 fully saturated rings. The average molecular weight is 475 g/mol. The van der Waals surface area contributed by atoms with Crippen LogP contribution in [0.2, 0.25) is 0 Å². The molecule has 0 bridgehead atoms. The fourth-order valence-electron chi connectivity index (χ4n) is 4.85. The van der Waals surface area contributed by atoms with E-state index >= 15 is 0 Å². The van der Waals surface area contributed by atoms with Crippen molar-refractivity contribution in [3.05, 3.63) is 28.6 Å². The number of carbonyl (C=O) groups excluding carboxylic acids is 2. The van der Waals surface area contributed by atoms with Crippen LogP contribution >= 0.6 is 0 Å². The minimum atomic E-state index is -4.21. The smallest absolute Gasteiger partial charge is 0.334 e. The van der Waals surface area contributed by atoms with Gasteiger partial charge in [0.15, 0.2) is 4.90 Å². The summed E-state index contributed by atoms with van der Waals surface area (Å²) in [6, 6.07) is -0.867. The Morgan fingerprint density at radius 3 is 2.73 bits per heavy atom. The Morgan fingerprint density at radius 2 is 1.91 bits per heavy atom. The fraction of sp³-hybridized carbons (Fsp3) is 0.524. The first-order chi connectivity index (χ1) is 15.8. The van der Waals surface area contributed by atoms with E-state index in [1.807, 2.05) is 0 Å². The molecular weight excluding hydrogens is 448 g/mol. The molecule has 33 heavy (non-hydrogen) atoms. The quantitative estimate of drug-likeness (QED) is 0.584. The van der Waals surface area contributed by atoms with Crippen LogP contribution in [0.4, 0.5) is 10.6 Å². The summed E-state index contributed by atoms with van der Waals surface area (Å²) in [4.78, 5) is 28.2. The number of aromatic nitrogens is 3. The highest BCUT2D eigenvalue weighted by Gasteiger charge is 2.32. The van der Waals surface area contributed by atoms with Gasteiger partial charge >= 0.3 is 6.03 Å². The van der Waals surface area contributed by atoms with Crippen LogP contribution in [0.5, 0.6) is 5.88 Å². The molecular formula is C21H26N6O5S. The fourth-order valence-corrected chi connectivity index (χ4v) is 5.84. The Hall–Kier alpha value is -3.15. The zero-order valence-corrected chi connectivity index (χ0v) is 19.1. The first-order valence-corrected chi connectivity index (χ1v) is 12.6. The van der Waals surface area contributed by atoms with Crippen LogP contribution < -0.4 is 20.1 Å². The van der Waals surface area contributed by atoms with Gasteiger partial charge in [-0.15, -0.1) is 0 Å². The molecule has 1 unspecified atom stereocenters. The van der Waals surface area contributed by atoms with Crippen molar-refractivity contribution >= 4 is 27.8 Å². The van der Waals surface area contributed by atoms with Crippen molar-refractivity contribution in [1.29, 1.82) is 0 Å². The number of anilines is 1. The average Bonchev–Trinajstić information content (AvgIpc) is 3.49. The van der Waals surface area contributed by atoms with Gasteiger partial charge in [-0.25, -0.2) is 27.6 Å². The van der Waals surface area contributed by atoms with Crippen LogP contribution in [0.3, 0.4) is 0 Å². The van der Waals surface area contributed by atoms with E-state index in [0.29, 0.717) is 18.9 Å². The minimum Gasteiger partial charge on any atom is -0.476 e. The van der Waals surface area contributed by atoms with Gasteiger partial charge < -0.3 is 10.1 Å². The molecule has 0 spiro atoms. The standard InChI is InChI=1S/C21H26N6O5S/c1-12(28)22-8-13-10-27-20(32-11-13)18(9-23-27)33(30,31)26-21(29)25-19-16-6-2-4-14(16)15-5-3-7-17(15)24-19/h9,13H,2-8,10-11H2,1H3,(H,22,28)(H2,24,25,26,29). The highest BCUT2D eigenvalue weighted by Crippen LogP contribution is 2.36. The molecule has 3 heterocycles. The molecule has 2 aliphatic carbocycles. The number of rotatable bonds is 5. The monoisotopic (exact) mass is 474 g/mol. The molecule has 3 aliphatic rings. The highest BCUT2D eigenvalue weighted by atomic mass is 32.2. The van der Waals surface area contributed by atoms with Crippen LogP contribution in [0, 0.1) is 5.92 Å². The van der Waals surface area contributed by atoms with Gasteiger partial charge in [0.05, 0.1) is 19.3 Å². The molecule has 5 rings (SSSR count). The number of ether oxygens (including phenoxy) is 1. The van der Waals surface area contributed by atoms with Gasteiger partial charge in [0, 0.05) is 25.1 Å². The van der Waals surface area contributed by atoms with Gasteiger partial charge in [0.25, 0.3) is 10.0 Å². The topological polar surface area (TPSA) is 144 Å². The Balaban J connectivity index is 1.30. The zero-order valence-electron chi connectivity index (χ0n) is 18.3. The summed E-state index contributed by atoms with van der Waals surface area (Å²) in [6.07, 6.45) is 6.91. The molecule has 12 heteroatoms. The SMILES string of the molecule is CC(=O)NCC1COc2c(S(=O)(=O)NC(=O)Nc3nc4c(c5c3CCC5)CCC4)cnn2C1. The zero-order chi connectivity index (χ0) is 23.2. The third-order valence-corrected chi connectivity index (χ3v) is 7.65. The molecule has 1 aliphatic heterocycles. The van der Waals surface area contributed by atoms with Crippen molar-refractivity contribution in [2.45, 2.75) is 56.9 Å². The summed E-state index contributed by atoms with van der Waals surface area (Å²) in [7, 11) is -4.21. The lowest BCUT2D eigenvalue weighted by Crippen LogP contribution is -2.37. The summed E-state index contributed by atoms with van der Waals surface area (Å²) >= 11 is 0. The lowest BCUT2D eigenvalue weighted by molar-refractivity contribution is -0.119. The first-order valence-electron chi connectivity index (χ1n) is 11.1. The van der Waals surface area contributed by atoms with Crippen molar-refractivity contribution in [2.75, 3.05) is 18.5 Å². The molecule has 176 valence electrons. The number of amides is 3. The molecule has 3 N–H and O–H groups in total. The second-order valence-corrected chi connectivity index (χ2v) is 10.4. The van der Waals surface area contributed by atoms with E-state index in [0.717, 1.165) is 56.0 Å². The number of hydrogen-bond acceptors (Lipinski definition) is 7. The predicted octanol–water partition coefficient (Wildman–Crippen LogP) is 0.911. The van der Waals surface area contributed by atoms with Crippen molar-refractivity contribution in [2.24, 2.45) is 5.92 Å². The Labute approximate surface area is 191 Å². The maximum Gasteiger partial charge on any atom is 0.334 e. The molecule has 3 amide bonds. The van der Waals surface area contributed by atoms with Gasteiger partial charge in [-0.2, -0.15) is 5.10 Å². The summed E-state index contributed by atoms with van der Waals surface area (Å²) in [6.45, 7) is 2.45. The summed E-state index contributed by atoms with van der Waals surface area (Å²) in [5, 5.41) is 9.47. The third-order valence-electron chi connectivity index (χ3n) is 6.34. The normalized spacial score (nSPS) is 18.6. The number of sulfonamides is 1. The van der Waals surface area contributed by atoms with Crippen LogP contribution in [-0.2, 0) is 47.0 Å². The number of nitrogens with one attached hydrogen (secondary N) is 3. The van der Waals surface area contributed by atoms with Crippen molar-refractivity contribution in [1.82, 2.24) is 24.8 Å². The largest absolute Gasteiger partial charge is 0.476 e. The van der Waals surface area contributed by atoms with Gasteiger partial charge in [-0.1, -0.05) is 0 Å². The molecule has 2 aromatic heterocycles. The lowest BCUT2D eigenvalue weighted by Gasteiger charge is -2.24.